The van der Waals surface area contributed by atoms with E-state index in [1.54, 1.807) is 31.3 Å². The van der Waals surface area contributed by atoms with Crippen molar-refractivity contribution >= 4 is 11.6 Å². The zero-order valence-electron chi connectivity index (χ0n) is 10.9. The van der Waals surface area contributed by atoms with Gasteiger partial charge in [-0.05, 0) is 29.8 Å². The average molecular weight is 276 g/mol. The molecule has 1 amide bonds. The molecule has 3 nitrogen and oxygen atoms in total. The van der Waals surface area contributed by atoms with Crippen LogP contribution in [0.15, 0.2) is 42.5 Å². The zero-order chi connectivity index (χ0) is 14.5. The Balaban J connectivity index is 2.06. The second-order valence-corrected chi connectivity index (χ2v) is 4.23. The second-order valence-electron chi connectivity index (χ2n) is 4.23. The number of nitrogens with one attached hydrogen (secondary N) is 2. The summed E-state index contributed by atoms with van der Waals surface area (Å²) in [7, 11) is 1.55. The van der Waals surface area contributed by atoms with Crippen molar-refractivity contribution in [1.82, 2.24) is 5.32 Å². The molecule has 0 atom stereocenters. The molecule has 0 aromatic heterocycles. The third kappa shape index (κ3) is 3.12. The molecule has 0 saturated heterocycles. The smallest absolute Gasteiger partial charge is 0.251 e. The Morgan fingerprint density at radius 2 is 1.65 bits per heavy atom. The van der Waals surface area contributed by atoms with Crippen molar-refractivity contribution in [2.75, 3.05) is 12.4 Å². The van der Waals surface area contributed by atoms with Crippen molar-refractivity contribution in [3.05, 3.63) is 65.2 Å². The van der Waals surface area contributed by atoms with E-state index in [-0.39, 0.29) is 18.1 Å². The molecule has 0 aliphatic carbocycles. The number of carbonyl (C=O) groups is 1. The van der Waals surface area contributed by atoms with Gasteiger partial charge in [0.25, 0.3) is 5.91 Å². The van der Waals surface area contributed by atoms with Gasteiger partial charge in [-0.15, -0.1) is 0 Å². The van der Waals surface area contributed by atoms with E-state index in [2.05, 4.69) is 10.6 Å². The number of amides is 1. The number of benzene rings is 2. The summed E-state index contributed by atoms with van der Waals surface area (Å²) in [5, 5.41) is 5.23. The van der Waals surface area contributed by atoms with Crippen molar-refractivity contribution in [1.29, 1.82) is 0 Å². The van der Waals surface area contributed by atoms with E-state index in [1.165, 1.54) is 18.2 Å². The molecule has 104 valence electrons. The Morgan fingerprint density at radius 1 is 1.05 bits per heavy atom. The first-order chi connectivity index (χ1) is 9.61. The first-order valence-corrected chi connectivity index (χ1v) is 6.10. The molecule has 0 bridgehead atoms. The van der Waals surface area contributed by atoms with Gasteiger partial charge in [-0.2, -0.15) is 0 Å². The fourth-order valence-electron chi connectivity index (χ4n) is 1.78. The molecule has 2 aromatic rings. The van der Waals surface area contributed by atoms with Gasteiger partial charge < -0.3 is 10.6 Å². The van der Waals surface area contributed by atoms with E-state index in [1.807, 2.05) is 0 Å². The van der Waals surface area contributed by atoms with Crippen LogP contribution in [0.1, 0.15) is 15.9 Å². The minimum atomic E-state index is -0.632. The van der Waals surface area contributed by atoms with Crippen LogP contribution in [0.2, 0.25) is 0 Å². The van der Waals surface area contributed by atoms with Gasteiger partial charge in [0.05, 0.1) is 0 Å². The highest BCUT2D eigenvalue weighted by Crippen LogP contribution is 2.19. The number of hydrogen-bond donors (Lipinski definition) is 2. The first kappa shape index (κ1) is 14.0. The maximum Gasteiger partial charge on any atom is 0.251 e. The molecule has 0 heterocycles. The molecule has 0 fully saturated rings. The molecule has 5 heteroatoms. The predicted octanol–water partition coefficient (Wildman–Crippen LogP) is 2.94. The lowest BCUT2D eigenvalue weighted by molar-refractivity contribution is 0.0963. The molecule has 0 aliphatic heterocycles. The molecular weight excluding hydrogens is 262 g/mol. The van der Waals surface area contributed by atoms with E-state index in [0.717, 1.165) is 5.56 Å². The van der Waals surface area contributed by atoms with Crippen LogP contribution in [0.5, 0.6) is 0 Å². The molecule has 0 unspecified atom stereocenters. The van der Waals surface area contributed by atoms with Crippen LogP contribution in [-0.4, -0.2) is 13.0 Å². The number of para-hydroxylation sites is 1. The van der Waals surface area contributed by atoms with E-state index in [4.69, 9.17) is 0 Å². The lowest BCUT2D eigenvalue weighted by Crippen LogP contribution is -2.17. The number of anilines is 1. The summed E-state index contributed by atoms with van der Waals surface area (Å²) < 4.78 is 26.8. The Bertz CT molecular complexity index is 592. The number of halogens is 2. The van der Waals surface area contributed by atoms with Gasteiger partial charge in [-0.3, -0.25) is 4.79 Å². The van der Waals surface area contributed by atoms with Crippen molar-refractivity contribution in [3.63, 3.8) is 0 Å². The summed E-state index contributed by atoms with van der Waals surface area (Å²) in [6.45, 7) is 0.270. The minimum absolute atomic E-state index is 0.150. The normalized spacial score (nSPS) is 10.2. The molecule has 0 spiro atoms. The number of rotatable bonds is 4. The quantitative estimate of drug-likeness (QED) is 0.901. The predicted molar refractivity (Wildman–Crippen MR) is 73.5 cm³/mol. The highest BCUT2D eigenvalue weighted by molar-refractivity contribution is 5.93. The van der Waals surface area contributed by atoms with Crippen LogP contribution >= 0.6 is 0 Å². The van der Waals surface area contributed by atoms with Crippen LogP contribution in [0.25, 0.3) is 0 Å². The van der Waals surface area contributed by atoms with Crippen molar-refractivity contribution in [2.24, 2.45) is 0 Å². The fraction of sp³-hybridized carbons (Fsp3) is 0.133. The van der Waals surface area contributed by atoms with Crippen molar-refractivity contribution in [3.8, 4) is 0 Å². The van der Waals surface area contributed by atoms with Gasteiger partial charge in [-0.1, -0.05) is 18.2 Å². The van der Waals surface area contributed by atoms with Gasteiger partial charge in [-0.25, -0.2) is 8.78 Å². The van der Waals surface area contributed by atoms with Crippen LogP contribution in [0.3, 0.4) is 0 Å². The molecule has 2 N–H and O–H groups in total. The summed E-state index contributed by atoms with van der Waals surface area (Å²) in [6.07, 6.45) is 0. The lowest BCUT2D eigenvalue weighted by atomic mass is 10.1. The topological polar surface area (TPSA) is 41.1 Å². The van der Waals surface area contributed by atoms with Crippen molar-refractivity contribution < 1.29 is 13.6 Å². The number of hydrogen-bond acceptors (Lipinski definition) is 2. The summed E-state index contributed by atoms with van der Waals surface area (Å²) in [4.78, 5) is 11.4. The summed E-state index contributed by atoms with van der Waals surface area (Å²) >= 11 is 0. The molecule has 0 saturated carbocycles. The van der Waals surface area contributed by atoms with Crippen LogP contribution in [-0.2, 0) is 6.54 Å². The molecule has 20 heavy (non-hydrogen) atoms. The van der Waals surface area contributed by atoms with Gasteiger partial charge in [0.15, 0.2) is 0 Å². The molecule has 2 aromatic carbocycles. The highest BCUT2D eigenvalue weighted by Gasteiger charge is 2.08. The molecular formula is C15H14F2N2O. The summed E-state index contributed by atoms with van der Waals surface area (Å²) in [5.41, 5.74) is 1.21. The van der Waals surface area contributed by atoms with Gasteiger partial charge in [0.1, 0.15) is 17.3 Å². The Labute approximate surface area is 115 Å². The van der Waals surface area contributed by atoms with Gasteiger partial charge in [0.2, 0.25) is 0 Å². The monoisotopic (exact) mass is 276 g/mol. The lowest BCUT2D eigenvalue weighted by Gasteiger charge is -2.09. The molecule has 0 aliphatic rings. The fourth-order valence-corrected chi connectivity index (χ4v) is 1.78. The van der Waals surface area contributed by atoms with Gasteiger partial charge >= 0.3 is 0 Å². The minimum Gasteiger partial charge on any atom is -0.376 e. The largest absolute Gasteiger partial charge is 0.376 e. The maximum atomic E-state index is 13.4. The van der Waals surface area contributed by atoms with E-state index in [0.29, 0.717) is 5.56 Å². The SMILES string of the molecule is CNC(=O)c1ccc(CNc2c(F)cccc2F)cc1. The Hall–Kier alpha value is -2.43. The first-order valence-electron chi connectivity index (χ1n) is 6.10. The maximum absolute atomic E-state index is 13.4. The van der Waals surface area contributed by atoms with Crippen LogP contribution in [0, 0.1) is 11.6 Å². The van der Waals surface area contributed by atoms with Crippen molar-refractivity contribution in [2.45, 2.75) is 6.54 Å². The Kier molecular flexibility index (Phi) is 4.30. The Morgan fingerprint density at radius 3 is 2.20 bits per heavy atom. The summed E-state index contributed by atoms with van der Waals surface area (Å²) in [6, 6.07) is 10.5. The third-order valence-corrected chi connectivity index (χ3v) is 2.88. The van der Waals surface area contributed by atoms with E-state index < -0.39 is 11.6 Å². The van der Waals surface area contributed by atoms with Crippen LogP contribution < -0.4 is 10.6 Å². The zero-order valence-corrected chi connectivity index (χ0v) is 10.9. The van der Waals surface area contributed by atoms with E-state index in [9.17, 15) is 13.6 Å². The van der Waals surface area contributed by atoms with E-state index >= 15 is 0 Å². The van der Waals surface area contributed by atoms with Gasteiger partial charge in [0, 0.05) is 19.2 Å². The third-order valence-electron chi connectivity index (χ3n) is 2.88. The number of carbonyl (C=O) groups excluding carboxylic acids is 1. The highest BCUT2D eigenvalue weighted by atomic mass is 19.1. The molecule has 2 rings (SSSR count). The summed E-state index contributed by atoms with van der Waals surface area (Å²) in [5.74, 6) is -1.44. The standard InChI is InChI=1S/C15H14F2N2O/c1-18-15(20)11-7-5-10(6-8-11)9-19-14-12(16)3-2-4-13(14)17/h2-8,19H,9H2,1H3,(H,18,20). The second kappa shape index (κ2) is 6.14. The molecule has 0 radical (unpaired) electrons. The average Bonchev–Trinajstić information content (AvgIpc) is 2.46. The van der Waals surface area contributed by atoms with Crippen LogP contribution in [0.4, 0.5) is 14.5 Å².